The first kappa shape index (κ1) is 18.5. The van der Waals surface area contributed by atoms with Crippen LogP contribution in [0.2, 0.25) is 0 Å². The van der Waals surface area contributed by atoms with E-state index < -0.39 is 0 Å². The lowest BCUT2D eigenvalue weighted by Gasteiger charge is -2.12. The zero-order chi connectivity index (χ0) is 16.9. The molecule has 0 fully saturated rings. The normalized spacial score (nSPS) is 11.6. The highest BCUT2D eigenvalue weighted by Gasteiger charge is 2.01. The molecule has 6 heteroatoms. The minimum Gasteiger partial charge on any atom is -0.469 e. The zero-order valence-electron chi connectivity index (χ0n) is 14.3. The Morgan fingerprint density at radius 2 is 2.12 bits per heavy atom. The molecule has 0 unspecified atom stereocenters. The fourth-order valence-electron chi connectivity index (χ4n) is 2.17. The number of guanidine groups is 1. The number of hydrogen-bond donors (Lipinski definition) is 2. The SMILES string of the molecule is CCOCCCCNC(=NCc1cccs1)NCCc1ccco1. The van der Waals surface area contributed by atoms with E-state index in [1.54, 1.807) is 17.6 Å². The highest BCUT2D eigenvalue weighted by molar-refractivity contribution is 7.09. The summed E-state index contributed by atoms with van der Waals surface area (Å²) in [7, 11) is 0. The second-order valence-corrected chi connectivity index (χ2v) is 6.36. The average molecular weight is 350 g/mol. The van der Waals surface area contributed by atoms with Crippen LogP contribution in [0.1, 0.15) is 30.4 Å². The lowest BCUT2D eigenvalue weighted by molar-refractivity contribution is 0.143. The quantitative estimate of drug-likeness (QED) is 0.371. The molecule has 0 radical (unpaired) electrons. The molecule has 2 aromatic heterocycles. The molecular formula is C18H27N3O2S. The number of nitrogens with one attached hydrogen (secondary N) is 2. The minimum absolute atomic E-state index is 0.701. The number of furan rings is 1. The van der Waals surface area contributed by atoms with Crippen molar-refractivity contribution >= 4 is 17.3 Å². The summed E-state index contributed by atoms with van der Waals surface area (Å²) in [6, 6.07) is 8.07. The number of rotatable bonds is 11. The molecule has 0 saturated carbocycles. The largest absolute Gasteiger partial charge is 0.469 e. The third-order valence-electron chi connectivity index (χ3n) is 3.43. The minimum atomic E-state index is 0.701. The molecule has 0 aromatic carbocycles. The number of nitrogens with zero attached hydrogens (tertiary/aromatic N) is 1. The second kappa shape index (κ2) is 11.7. The van der Waals surface area contributed by atoms with Crippen molar-refractivity contribution in [3.8, 4) is 0 Å². The molecule has 0 spiro atoms. The molecule has 2 rings (SSSR count). The van der Waals surface area contributed by atoms with Crippen LogP contribution in [0.4, 0.5) is 0 Å². The van der Waals surface area contributed by atoms with Crippen LogP contribution in [-0.4, -0.2) is 32.3 Å². The van der Waals surface area contributed by atoms with Crippen LogP contribution < -0.4 is 10.6 Å². The summed E-state index contributed by atoms with van der Waals surface area (Å²) in [4.78, 5) is 5.92. The molecule has 2 heterocycles. The van der Waals surface area contributed by atoms with E-state index in [2.05, 4.69) is 33.1 Å². The first-order valence-corrected chi connectivity index (χ1v) is 9.41. The van der Waals surface area contributed by atoms with Crippen LogP contribution in [0.5, 0.6) is 0 Å². The predicted molar refractivity (Wildman–Crippen MR) is 99.6 cm³/mol. The van der Waals surface area contributed by atoms with Gasteiger partial charge in [0.2, 0.25) is 0 Å². The molecule has 0 aliphatic carbocycles. The monoisotopic (exact) mass is 349 g/mol. The van der Waals surface area contributed by atoms with Crippen LogP contribution in [0.15, 0.2) is 45.3 Å². The Hall–Kier alpha value is -1.79. The highest BCUT2D eigenvalue weighted by atomic mass is 32.1. The van der Waals surface area contributed by atoms with Gasteiger partial charge in [0, 0.05) is 37.6 Å². The number of aliphatic imine (C=N–C) groups is 1. The van der Waals surface area contributed by atoms with Crippen molar-refractivity contribution in [3.05, 3.63) is 46.5 Å². The maximum absolute atomic E-state index is 5.36. The first-order valence-electron chi connectivity index (χ1n) is 8.53. The van der Waals surface area contributed by atoms with Gasteiger partial charge >= 0.3 is 0 Å². The number of thiophene rings is 1. The van der Waals surface area contributed by atoms with E-state index >= 15 is 0 Å². The third-order valence-corrected chi connectivity index (χ3v) is 4.29. The molecular weight excluding hydrogens is 322 g/mol. The first-order chi connectivity index (χ1) is 11.9. The van der Waals surface area contributed by atoms with Gasteiger partial charge in [0.25, 0.3) is 0 Å². The second-order valence-electron chi connectivity index (χ2n) is 5.33. The van der Waals surface area contributed by atoms with Crippen LogP contribution >= 0.6 is 11.3 Å². The molecule has 0 amide bonds. The fraction of sp³-hybridized carbons (Fsp3) is 0.500. The molecule has 0 saturated heterocycles. The lowest BCUT2D eigenvalue weighted by atomic mass is 10.3. The van der Waals surface area contributed by atoms with Gasteiger partial charge in [-0.05, 0) is 43.3 Å². The van der Waals surface area contributed by atoms with Gasteiger partial charge in [0.05, 0.1) is 12.8 Å². The number of ether oxygens (including phenoxy) is 1. The van der Waals surface area contributed by atoms with Crippen molar-refractivity contribution in [3.63, 3.8) is 0 Å². The van der Waals surface area contributed by atoms with Gasteiger partial charge in [-0.2, -0.15) is 0 Å². The van der Waals surface area contributed by atoms with Gasteiger partial charge in [0.15, 0.2) is 5.96 Å². The predicted octanol–water partition coefficient (Wildman–Crippen LogP) is 3.44. The lowest BCUT2D eigenvalue weighted by Crippen LogP contribution is -2.39. The van der Waals surface area contributed by atoms with Gasteiger partial charge < -0.3 is 19.8 Å². The molecule has 5 nitrogen and oxygen atoms in total. The summed E-state index contributed by atoms with van der Waals surface area (Å²) in [6.45, 7) is 6.02. The van der Waals surface area contributed by atoms with Crippen molar-refractivity contribution in [1.82, 2.24) is 10.6 Å². The van der Waals surface area contributed by atoms with Crippen molar-refractivity contribution in [2.75, 3.05) is 26.3 Å². The smallest absolute Gasteiger partial charge is 0.191 e. The molecule has 2 N–H and O–H groups in total. The van der Waals surface area contributed by atoms with Crippen molar-refractivity contribution in [2.24, 2.45) is 4.99 Å². The Balaban J connectivity index is 1.73. The molecule has 24 heavy (non-hydrogen) atoms. The standard InChI is InChI=1S/C18H27N3O2S/c1-2-22-12-4-3-10-19-18(21-15-17-8-6-14-24-17)20-11-9-16-7-5-13-23-16/h5-8,13-14H,2-4,9-12,15H2,1H3,(H2,19,20,21). The Labute approximate surface area is 148 Å². The summed E-state index contributed by atoms with van der Waals surface area (Å²) in [6.07, 6.45) is 4.68. The highest BCUT2D eigenvalue weighted by Crippen LogP contribution is 2.09. The molecule has 0 atom stereocenters. The number of hydrogen-bond acceptors (Lipinski definition) is 4. The molecule has 0 bridgehead atoms. The Kier molecular flexibility index (Phi) is 9.04. The van der Waals surface area contributed by atoms with Crippen LogP contribution in [0.3, 0.4) is 0 Å². The van der Waals surface area contributed by atoms with Crippen LogP contribution in [-0.2, 0) is 17.7 Å². The van der Waals surface area contributed by atoms with E-state index in [-0.39, 0.29) is 0 Å². The van der Waals surface area contributed by atoms with Crippen molar-refractivity contribution < 1.29 is 9.15 Å². The van der Waals surface area contributed by atoms with Crippen molar-refractivity contribution in [2.45, 2.75) is 32.7 Å². The van der Waals surface area contributed by atoms with E-state index in [0.29, 0.717) is 6.54 Å². The Morgan fingerprint density at radius 1 is 1.21 bits per heavy atom. The third kappa shape index (κ3) is 7.66. The van der Waals surface area contributed by atoms with Gasteiger partial charge in [-0.3, -0.25) is 0 Å². The maximum Gasteiger partial charge on any atom is 0.191 e. The topological polar surface area (TPSA) is 58.8 Å². The van der Waals surface area contributed by atoms with Crippen molar-refractivity contribution in [1.29, 1.82) is 0 Å². The molecule has 0 aliphatic heterocycles. The maximum atomic E-state index is 5.36. The summed E-state index contributed by atoms with van der Waals surface area (Å²) >= 11 is 1.73. The van der Waals surface area contributed by atoms with E-state index in [1.165, 1.54) is 4.88 Å². The van der Waals surface area contributed by atoms with E-state index in [0.717, 1.165) is 57.3 Å². The van der Waals surface area contributed by atoms with Gasteiger partial charge in [-0.1, -0.05) is 6.07 Å². The zero-order valence-corrected chi connectivity index (χ0v) is 15.1. The summed E-state index contributed by atoms with van der Waals surface area (Å²) in [5, 5.41) is 8.85. The Morgan fingerprint density at radius 3 is 2.88 bits per heavy atom. The van der Waals surface area contributed by atoms with E-state index in [1.807, 2.05) is 19.1 Å². The molecule has 2 aromatic rings. The summed E-state index contributed by atoms with van der Waals surface area (Å²) in [5.41, 5.74) is 0. The average Bonchev–Trinajstić information content (AvgIpc) is 3.28. The van der Waals surface area contributed by atoms with Crippen LogP contribution in [0.25, 0.3) is 0 Å². The Bertz CT molecular complexity index is 553. The van der Waals surface area contributed by atoms with Gasteiger partial charge in [0.1, 0.15) is 5.76 Å². The van der Waals surface area contributed by atoms with E-state index in [4.69, 9.17) is 9.15 Å². The fourth-order valence-corrected chi connectivity index (χ4v) is 2.80. The van der Waals surface area contributed by atoms with Crippen LogP contribution in [0, 0.1) is 0 Å². The molecule has 132 valence electrons. The van der Waals surface area contributed by atoms with Gasteiger partial charge in [-0.25, -0.2) is 4.99 Å². The summed E-state index contributed by atoms with van der Waals surface area (Å²) < 4.78 is 10.7. The summed E-state index contributed by atoms with van der Waals surface area (Å²) in [5.74, 6) is 1.84. The molecule has 0 aliphatic rings. The van der Waals surface area contributed by atoms with Gasteiger partial charge in [-0.15, -0.1) is 11.3 Å². The number of unbranched alkanes of at least 4 members (excludes halogenated alkanes) is 1. The van der Waals surface area contributed by atoms with E-state index in [9.17, 15) is 0 Å².